The van der Waals surface area contributed by atoms with Crippen molar-refractivity contribution in [2.45, 2.75) is 439 Å². The van der Waals surface area contributed by atoms with E-state index in [1.165, 1.54) is 257 Å². The summed E-state index contributed by atoms with van der Waals surface area (Å²) < 4.78 is 61.7. The van der Waals surface area contributed by atoms with Crippen molar-refractivity contribution in [3.8, 4) is 0 Å². The van der Waals surface area contributed by atoms with Crippen molar-refractivity contribution in [2.75, 3.05) is 40.0 Å². The van der Waals surface area contributed by atoms with Crippen molar-refractivity contribution < 1.29 is 42.6 Å². The molecule has 0 saturated heterocycles. The van der Waals surface area contributed by atoms with E-state index in [4.69, 9.17) is 42.6 Å². The van der Waals surface area contributed by atoms with Gasteiger partial charge in [-0.25, -0.2) is 0 Å². The molecule has 2 unspecified atom stereocenters. The van der Waals surface area contributed by atoms with E-state index in [2.05, 4.69) is 55.4 Å². The molecule has 0 aliphatic heterocycles. The molecule has 2 atom stereocenters. The zero-order valence-electron chi connectivity index (χ0n) is 57.7. The smallest absolute Gasteiger partial charge is 0.285 e. The first-order chi connectivity index (χ1) is 40.9. The van der Waals surface area contributed by atoms with Gasteiger partial charge >= 0.3 is 0 Å². The lowest BCUT2D eigenvalue weighted by atomic mass is 10.1. The first-order valence-corrected chi connectivity index (χ1v) is 37.7. The van der Waals surface area contributed by atoms with Crippen molar-refractivity contribution in [1.29, 1.82) is 0 Å². The Kier molecular flexibility index (Phi) is 67.3. The zero-order valence-corrected chi connectivity index (χ0v) is 57.7. The molecule has 0 rings (SSSR count). The van der Waals surface area contributed by atoms with E-state index in [1.807, 2.05) is 0 Å². The van der Waals surface area contributed by atoms with Gasteiger partial charge in [-0.2, -0.15) is 0 Å². The lowest BCUT2D eigenvalue weighted by Gasteiger charge is -2.37. The number of hydrogen-bond acceptors (Lipinski definition) is 9. The van der Waals surface area contributed by atoms with Gasteiger partial charge in [0.25, 0.3) is 11.9 Å². The lowest BCUT2D eigenvalue weighted by molar-refractivity contribution is -0.432. The number of unbranched alkanes of at least 4 members (excludes halogenated alkanes) is 44. The molecule has 0 aromatic rings. The van der Waals surface area contributed by atoms with Crippen molar-refractivity contribution in [1.82, 2.24) is 0 Å². The van der Waals surface area contributed by atoms with Crippen molar-refractivity contribution in [3.63, 3.8) is 0 Å². The summed E-state index contributed by atoms with van der Waals surface area (Å²) in [4.78, 5) is 0. The van der Waals surface area contributed by atoms with Crippen molar-refractivity contribution in [3.05, 3.63) is 0 Å². The lowest BCUT2D eigenvalue weighted by Crippen LogP contribution is -2.44. The highest BCUT2D eigenvalue weighted by Gasteiger charge is 2.38. The average molecular weight is 1180 g/mol. The monoisotopic (exact) mass is 1180 g/mol. The maximum atomic E-state index is 7.15. The zero-order chi connectivity index (χ0) is 60.4. The van der Waals surface area contributed by atoms with Gasteiger partial charge < -0.3 is 33.2 Å². The number of hydrogen-bond donors (Lipinski definition) is 0. The van der Waals surface area contributed by atoms with Crippen LogP contribution >= 0.6 is 0 Å². The average Bonchev–Trinajstić information content (AvgIpc) is 3.67. The Balaban J connectivity index is 6.61. The molecule has 9 nitrogen and oxygen atoms in total. The Hall–Kier alpha value is -0.360. The topological polar surface area (TPSA) is 83.1 Å². The minimum atomic E-state index is -1.15. The van der Waals surface area contributed by atoms with Gasteiger partial charge in [0.2, 0.25) is 0 Å². The molecule has 0 aliphatic carbocycles. The van der Waals surface area contributed by atoms with Crippen LogP contribution in [0.15, 0.2) is 0 Å². The van der Waals surface area contributed by atoms with Crippen LogP contribution < -0.4 is 0 Å². The van der Waals surface area contributed by atoms with Crippen LogP contribution in [0.1, 0.15) is 415 Å². The third-order valence-electron chi connectivity index (χ3n) is 16.8. The van der Waals surface area contributed by atoms with Gasteiger partial charge in [-0.15, -0.1) is 0 Å². The number of ether oxygens (including phenoxy) is 9. The normalized spacial score (nSPS) is 13.0. The fourth-order valence-corrected chi connectivity index (χ4v) is 11.2. The second-order valence-electron chi connectivity index (χ2n) is 25.3. The molecule has 0 N–H and O–H groups in total. The Morgan fingerprint density at radius 1 is 0.217 bits per heavy atom. The highest BCUT2D eigenvalue weighted by Crippen LogP contribution is 2.32. The summed E-state index contributed by atoms with van der Waals surface area (Å²) in [5.41, 5.74) is 0. The maximum Gasteiger partial charge on any atom is 0.285 e. The molecular weight excluding hydrogens is 1030 g/mol. The summed E-state index contributed by atoms with van der Waals surface area (Å²) >= 11 is 0. The summed E-state index contributed by atoms with van der Waals surface area (Å²) in [7, 11) is 0. The van der Waals surface area contributed by atoms with E-state index in [9.17, 15) is 0 Å². The molecular formula is C74H150O9. The van der Waals surface area contributed by atoms with Gasteiger partial charge in [-0.3, -0.25) is 9.47 Å². The van der Waals surface area contributed by atoms with Gasteiger partial charge in [-0.1, -0.05) is 338 Å². The Bertz CT molecular complexity index is 1060. The molecule has 0 aromatic carbocycles. The molecule has 0 spiro atoms. The summed E-state index contributed by atoms with van der Waals surface area (Å²) in [6.07, 6.45) is 65.3. The Labute approximate surface area is 519 Å². The summed E-state index contributed by atoms with van der Waals surface area (Å²) in [6, 6.07) is 0. The van der Waals surface area contributed by atoms with Crippen LogP contribution in [0, 0.1) is 0 Å². The first kappa shape index (κ1) is 82.6. The molecule has 0 heterocycles. The van der Waals surface area contributed by atoms with Crippen LogP contribution in [0.3, 0.4) is 0 Å². The highest BCUT2D eigenvalue weighted by atomic mass is 16.9. The van der Waals surface area contributed by atoms with E-state index in [1.54, 1.807) is 0 Å². The first-order valence-electron chi connectivity index (χ1n) is 37.7. The van der Waals surface area contributed by atoms with E-state index < -0.39 is 24.5 Å². The largest absolute Gasteiger partial charge is 0.329 e. The standard InChI is InChI=1S/C74H150O9/c1-9-17-25-33-39-43-49-57-65-78-73(63-55-31-23-15-7,79-66-58-50-44-40-34-26-18-10-2)82-71(61-53-47-37-29-21-13-5)76-69-75-70-77-72(62-54-48-38-30-22-14-6)83-74(64-56-32-24-16-8,80-67-59-51-45-41-35-27-19-11-3)81-68-60-52-46-42-36-28-20-12-4/h71-72H,9-70H2,1-8H3. The van der Waals surface area contributed by atoms with Crippen LogP contribution in [-0.2, 0) is 42.6 Å². The van der Waals surface area contributed by atoms with E-state index >= 15 is 0 Å². The summed E-state index contributed by atoms with van der Waals surface area (Å²) in [5.74, 6) is -2.31. The van der Waals surface area contributed by atoms with Gasteiger partial charge in [0.1, 0.15) is 0 Å². The van der Waals surface area contributed by atoms with Crippen LogP contribution in [-0.4, -0.2) is 64.5 Å². The fourth-order valence-electron chi connectivity index (χ4n) is 11.2. The second kappa shape index (κ2) is 67.6. The van der Waals surface area contributed by atoms with E-state index in [0.29, 0.717) is 39.3 Å². The fraction of sp³-hybridized carbons (Fsp3) is 1.00. The molecule has 0 aromatic heterocycles. The molecule has 0 amide bonds. The molecule has 9 heteroatoms. The highest BCUT2D eigenvalue weighted by molar-refractivity contribution is 4.66. The molecule has 83 heavy (non-hydrogen) atoms. The number of rotatable bonds is 74. The summed E-state index contributed by atoms with van der Waals surface area (Å²) in [5, 5.41) is 0. The third kappa shape index (κ3) is 56.6. The molecule has 0 radical (unpaired) electrons. The predicted octanol–water partition coefficient (Wildman–Crippen LogP) is 25.0. The van der Waals surface area contributed by atoms with E-state index in [-0.39, 0.29) is 13.6 Å². The molecule has 0 aliphatic rings. The third-order valence-corrected chi connectivity index (χ3v) is 16.8. The quantitative estimate of drug-likeness (QED) is 0.0437. The van der Waals surface area contributed by atoms with Crippen LogP contribution in [0.5, 0.6) is 0 Å². The van der Waals surface area contributed by atoms with Crippen LogP contribution in [0.2, 0.25) is 0 Å². The van der Waals surface area contributed by atoms with Gasteiger partial charge in [-0.05, 0) is 64.2 Å². The van der Waals surface area contributed by atoms with Crippen molar-refractivity contribution in [2.24, 2.45) is 0 Å². The second-order valence-corrected chi connectivity index (χ2v) is 25.3. The SMILES string of the molecule is CCCCCCCCCCOC(CCCCCC)(OCCCCCCCCCC)OC(CCCCCCCC)OCOCOC(CCCCCCCC)OC(CCCCCC)(OCCCCCCCCCC)OCCCCCCCCCC. The Morgan fingerprint density at radius 2 is 0.410 bits per heavy atom. The van der Waals surface area contributed by atoms with Crippen molar-refractivity contribution >= 4 is 0 Å². The molecule has 0 fully saturated rings. The van der Waals surface area contributed by atoms with Gasteiger partial charge in [0.05, 0.1) is 26.4 Å². The maximum absolute atomic E-state index is 7.15. The van der Waals surface area contributed by atoms with Crippen LogP contribution in [0.25, 0.3) is 0 Å². The Morgan fingerprint density at radius 3 is 0.639 bits per heavy atom. The minimum absolute atomic E-state index is 0.0399. The van der Waals surface area contributed by atoms with Gasteiger partial charge in [0.15, 0.2) is 26.2 Å². The summed E-state index contributed by atoms with van der Waals surface area (Å²) in [6.45, 7) is 20.9. The van der Waals surface area contributed by atoms with Gasteiger partial charge in [0, 0.05) is 12.8 Å². The van der Waals surface area contributed by atoms with Crippen LogP contribution in [0.4, 0.5) is 0 Å². The molecule has 0 saturated carbocycles. The predicted molar refractivity (Wildman–Crippen MR) is 356 cm³/mol. The minimum Gasteiger partial charge on any atom is -0.329 e. The molecule has 0 bridgehead atoms. The van der Waals surface area contributed by atoms with E-state index in [0.717, 1.165) is 89.9 Å². The molecule has 500 valence electrons.